The van der Waals surface area contributed by atoms with Gasteiger partial charge in [-0.1, -0.05) is 43.8 Å². The summed E-state index contributed by atoms with van der Waals surface area (Å²) in [4.78, 5) is 0. The molecule has 1 rings (SSSR count). The number of hydrogen-bond donors (Lipinski definition) is 2. The van der Waals surface area contributed by atoms with Crippen molar-refractivity contribution in [3.63, 3.8) is 0 Å². The van der Waals surface area contributed by atoms with E-state index in [4.69, 9.17) is 5.73 Å². The second kappa shape index (κ2) is 4.55. The Labute approximate surface area is 79.5 Å². The highest BCUT2D eigenvalue weighted by Gasteiger charge is 2.06. The van der Waals surface area contributed by atoms with Crippen LogP contribution in [-0.2, 0) is 0 Å². The molecular weight excluding hydrogens is 160 g/mol. The predicted octanol–water partition coefficient (Wildman–Crippen LogP) is 2.16. The molecule has 1 aromatic carbocycles. The molecule has 0 saturated carbocycles. The fraction of sp³-hybridized carbons (Fsp3) is 0.273. The molecule has 1 atom stereocenters. The van der Waals surface area contributed by atoms with E-state index in [2.05, 4.69) is 31.0 Å². The Morgan fingerprint density at radius 3 is 2.54 bits per heavy atom. The lowest BCUT2D eigenvalue weighted by Crippen LogP contribution is -2.24. The first-order chi connectivity index (χ1) is 6.24. The number of hydrogen-bond acceptors (Lipinski definition) is 2. The first-order valence-electron chi connectivity index (χ1n) is 4.50. The van der Waals surface area contributed by atoms with Gasteiger partial charge in [0.15, 0.2) is 0 Å². The molecule has 3 N–H and O–H groups in total. The lowest BCUT2D eigenvalue weighted by Gasteiger charge is -2.17. The van der Waals surface area contributed by atoms with E-state index in [-0.39, 0.29) is 6.04 Å². The van der Waals surface area contributed by atoms with Gasteiger partial charge >= 0.3 is 0 Å². The largest absolute Gasteiger partial charge is 0.386 e. The van der Waals surface area contributed by atoms with Gasteiger partial charge in [-0.25, -0.2) is 0 Å². The maximum Gasteiger partial charge on any atom is 0.0890 e. The van der Waals surface area contributed by atoms with Crippen LogP contribution in [0.5, 0.6) is 0 Å². The van der Waals surface area contributed by atoms with Crippen molar-refractivity contribution in [1.82, 2.24) is 5.32 Å². The Kier molecular flexibility index (Phi) is 3.38. The minimum Gasteiger partial charge on any atom is -0.386 e. The normalized spacial score (nSPS) is 12.1. The molecule has 0 bridgehead atoms. The maximum atomic E-state index is 5.50. The van der Waals surface area contributed by atoms with E-state index < -0.39 is 0 Å². The Bertz CT molecular complexity index is 267. The summed E-state index contributed by atoms with van der Waals surface area (Å²) in [7, 11) is 0. The van der Waals surface area contributed by atoms with Gasteiger partial charge in [-0.05, 0) is 12.0 Å². The molecule has 0 amide bonds. The summed E-state index contributed by atoms with van der Waals surface area (Å²) in [5.41, 5.74) is 6.75. The Balaban J connectivity index is 2.73. The van der Waals surface area contributed by atoms with Crippen LogP contribution in [-0.4, -0.2) is 0 Å². The average Bonchev–Trinajstić information content (AvgIpc) is 2.15. The minimum absolute atomic E-state index is 0.277. The van der Waals surface area contributed by atoms with Crippen molar-refractivity contribution in [2.75, 3.05) is 0 Å². The Morgan fingerprint density at radius 2 is 2.08 bits per heavy atom. The molecule has 13 heavy (non-hydrogen) atoms. The average molecular weight is 176 g/mol. The fourth-order valence-electron chi connectivity index (χ4n) is 1.33. The number of nitrogens with one attached hydrogen (secondary N) is 1. The molecule has 70 valence electrons. The summed E-state index contributed by atoms with van der Waals surface area (Å²) in [6.07, 6.45) is 1.00. The summed E-state index contributed by atoms with van der Waals surface area (Å²) in [6.45, 7) is 5.75. The van der Waals surface area contributed by atoms with Crippen LogP contribution in [0.1, 0.15) is 24.9 Å². The highest BCUT2D eigenvalue weighted by atomic mass is 15.0. The summed E-state index contributed by atoms with van der Waals surface area (Å²) in [5, 5.41) is 3.13. The van der Waals surface area contributed by atoms with Crippen LogP contribution >= 0.6 is 0 Å². The molecule has 1 aromatic rings. The third-order valence-corrected chi connectivity index (χ3v) is 1.97. The summed E-state index contributed by atoms with van der Waals surface area (Å²) < 4.78 is 0. The molecule has 0 aromatic heterocycles. The Morgan fingerprint density at radius 1 is 1.46 bits per heavy atom. The van der Waals surface area contributed by atoms with Crippen molar-refractivity contribution in [3.8, 4) is 0 Å². The van der Waals surface area contributed by atoms with Crippen LogP contribution in [0.4, 0.5) is 0 Å². The second-order valence-electron chi connectivity index (χ2n) is 3.04. The molecule has 0 spiro atoms. The fourth-order valence-corrected chi connectivity index (χ4v) is 1.33. The lowest BCUT2D eigenvalue weighted by molar-refractivity contribution is 0.577. The van der Waals surface area contributed by atoms with Crippen molar-refractivity contribution < 1.29 is 0 Å². The molecule has 0 aliphatic carbocycles. The topological polar surface area (TPSA) is 38.0 Å². The van der Waals surface area contributed by atoms with Gasteiger partial charge in [0.2, 0.25) is 0 Å². The van der Waals surface area contributed by atoms with Crippen LogP contribution in [0.15, 0.2) is 42.7 Å². The van der Waals surface area contributed by atoms with Gasteiger partial charge in [0.1, 0.15) is 0 Å². The first-order valence-corrected chi connectivity index (χ1v) is 4.50. The Hall–Kier alpha value is -1.44. The van der Waals surface area contributed by atoms with Crippen LogP contribution in [0, 0.1) is 0 Å². The molecule has 0 fully saturated rings. The van der Waals surface area contributed by atoms with Crippen molar-refractivity contribution in [2.45, 2.75) is 19.4 Å². The predicted molar refractivity (Wildman–Crippen MR) is 55.9 cm³/mol. The number of rotatable bonds is 4. The zero-order valence-corrected chi connectivity index (χ0v) is 7.96. The molecular formula is C11H16N2. The van der Waals surface area contributed by atoms with E-state index >= 15 is 0 Å². The first kappa shape index (κ1) is 9.65. The number of nitrogens with two attached hydrogens (primary N) is 1. The molecule has 0 aliphatic heterocycles. The molecule has 0 heterocycles. The van der Waals surface area contributed by atoms with E-state index in [9.17, 15) is 0 Å². The van der Waals surface area contributed by atoms with Gasteiger partial charge in [0, 0.05) is 0 Å². The molecule has 1 unspecified atom stereocenters. The van der Waals surface area contributed by atoms with Gasteiger partial charge in [-0.3, -0.25) is 0 Å². The zero-order chi connectivity index (χ0) is 9.68. The van der Waals surface area contributed by atoms with Crippen molar-refractivity contribution in [1.29, 1.82) is 0 Å². The van der Waals surface area contributed by atoms with E-state index in [1.165, 1.54) is 5.56 Å². The molecule has 2 nitrogen and oxygen atoms in total. The SMILES string of the molecule is C=C(N)NC(CC)c1ccccc1. The van der Waals surface area contributed by atoms with Crippen molar-refractivity contribution >= 4 is 0 Å². The standard InChI is InChI=1S/C11H16N2/c1-3-11(13-9(2)12)10-7-5-4-6-8-10/h4-8,11,13H,2-3,12H2,1H3. The molecule has 0 aliphatic rings. The minimum atomic E-state index is 0.277. The summed E-state index contributed by atoms with van der Waals surface area (Å²) >= 11 is 0. The van der Waals surface area contributed by atoms with E-state index in [1.54, 1.807) is 0 Å². The second-order valence-corrected chi connectivity index (χ2v) is 3.04. The maximum absolute atomic E-state index is 5.50. The quantitative estimate of drug-likeness (QED) is 0.737. The lowest BCUT2D eigenvalue weighted by atomic mass is 10.1. The number of benzene rings is 1. The van der Waals surface area contributed by atoms with Gasteiger partial charge in [0.25, 0.3) is 0 Å². The van der Waals surface area contributed by atoms with Crippen LogP contribution in [0.2, 0.25) is 0 Å². The van der Waals surface area contributed by atoms with E-state index in [0.29, 0.717) is 5.82 Å². The third-order valence-electron chi connectivity index (χ3n) is 1.97. The third kappa shape index (κ3) is 2.82. The van der Waals surface area contributed by atoms with Gasteiger partial charge in [0.05, 0.1) is 11.9 Å². The summed E-state index contributed by atoms with van der Waals surface area (Å²) in [5.74, 6) is 0.524. The molecule has 2 heteroatoms. The molecule has 0 saturated heterocycles. The van der Waals surface area contributed by atoms with E-state index in [1.807, 2.05) is 18.2 Å². The van der Waals surface area contributed by atoms with Crippen LogP contribution < -0.4 is 11.1 Å². The van der Waals surface area contributed by atoms with E-state index in [0.717, 1.165) is 6.42 Å². The van der Waals surface area contributed by atoms with Gasteiger partial charge in [-0.2, -0.15) is 0 Å². The monoisotopic (exact) mass is 176 g/mol. The van der Waals surface area contributed by atoms with Crippen molar-refractivity contribution in [3.05, 3.63) is 48.3 Å². The van der Waals surface area contributed by atoms with Crippen LogP contribution in [0.25, 0.3) is 0 Å². The summed E-state index contributed by atoms with van der Waals surface area (Å²) in [6, 6.07) is 10.5. The highest BCUT2D eigenvalue weighted by Crippen LogP contribution is 2.15. The molecule has 0 radical (unpaired) electrons. The van der Waals surface area contributed by atoms with Crippen LogP contribution in [0.3, 0.4) is 0 Å². The zero-order valence-electron chi connectivity index (χ0n) is 7.96. The highest BCUT2D eigenvalue weighted by molar-refractivity contribution is 5.19. The van der Waals surface area contributed by atoms with Gasteiger partial charge in [-0.15, -0.1) is 0 Å². The smallest absolute Gasteiger partial charge is 0.0890 e. The van der Waals surface area contributed by atoms with Gasteiger partial charge < -0.3 is 11.1 Å². The van der Waals surface area contributed by atoms with Crippen molar-refractivity contribution in [2.24, 2.45) is 5.73 Å².